The predicted molar refractivity (Wildman–Crippen MR) is 130 cm³/mol. The molecule has 0 aliphatic carbocycles. The largest absolute Gasteiger partial charge is 0.457 e. The lowest BCUT2D eigenvalue weighted by atomic mass is 10.0. The molecule has 0 N–H and O–H groups in total. The van der Waals surface area contributed by atoms with E-state index in [1.165, 1.54) is 9.91 Å². The number of amides is 3. The van der Waals surface area contributed by atoms with E-state index in [9.17, 15) is 14.4 Å². The summed E-state index contributed by atoms with van der Waals surface area (Å²) < 4.78 is 5.93. The van der Waals surface area contributed by atoms with E-state index >= 15 is 0 Å². The van der Waals surface area contributed by atoms with Gasteiger partial charge in [-0.3, -0.25) is 19.3 Å². The minimum Gasteiger partial charge on any atom is -0.457 e. The average Bonchev–Trinajstić information content (AvgIpc) is 3.45. The Hall–Kier alpha value is -3.68. The first-order valence-corrected chi connectivity index (χ1v) is 11.2. The fourth-order valence-electron chi connectivity index (χ4n) is 3.98. The maximum atomic E-state index is 13.0. The molecule has 0 radical (unpaired) electrons. The van der Waals surface area contributed by atoms with Crippen molar-refractivity contribution in [3.63, 3.8) is 0 Å². The lowest BCUT2D eigenvalue weighted by molar-refractivity contribution is -0.114. The molecule has 3 aromatic rings. The lowest BCUT2D eigenvalue weighted by Gasteiger charge is -2.12. The highest BCUT2D eigenvalue weighted by Gasteiger charge is 2.34. The van der Waals surface area contributed by atoms with Gasteiger partial charge in [0.15, 0.2) is 0 Å². The summed E-state index contributed by atoms with van der Waals surface area (Å²) in [7, 11) is 0. The van der Waals surface area contributed by atoms with Crippen LogP contribution in [0.2, 0.25) is 10.0 Å². The molecular weight excluding hydrogens is 477 g/mol. The maximum absolute atomic E-state index is 13.0. The zero-order valence-electron chi connectivity index (χ0n) is 18.1. The number of nitrogens with zero attached hydrogens (tertiary/aromatic N) is 3. The number of rotatable bonds is 4. The Kier molecular flexibility index (Phi) is 5.38. The van der Waals surface area contributed by atoms with Gasteiger partial charge in [-0.05, 0) is 62.4 Å². The van der Waals surface area contributed by atoms with Gasteiger partial charge in [0.25, 0.3) is 17.7 Å². The summed E-state index contributed by atoms with van der Waals surface area (Å²) in [5.41, 5.74) is 2.73. The third-order valence-electron chi connectivity index (χ3n) is 5.64. The maximum Gasteiger partial charge on any atom is 0.280 e. The Labute approximate surface area is 204 Å². The molecule has 34 heavy (non-hydrogen) atoms. The summed E-state index contributed by atoms with van der Waals surface area (Å²) in [6, 6.07) is 13.3. The first kappa shape index (κ1) is 22.1. The van der Waals surface area contributed by atoms with Gasteiger partial charge < -0.3 is 4.42 Å². The van der Waals surface area contributed by atoms with Crippen molar-refractivity contribution in [1.29, 1.82) is 0 Å². The number of hydrogen-bond donors (Lipinski definition) is 0. The van der Waals surface area contributed by atoms with Crippen LogP contribution in [0.15, 0.2) is 63.6 Å². The number of furan rings is 1. The molecule has 0 spiro atoms. The molecule has 0 fully saturated rings. The Morgan fingerprint density at radius 2 is 1.62 bits per heavy atom. The van der Waals surface area contributed by atoms with Gasteiger partial charge in [-0.25, -0.2) is 0 Å². The highest BCUT2D eigenvalue weighted by atomic mass is 35.5. The summed E-state index contributed by atoms with van der Waals surface area (Å²) in [4.78, 5) is 39.1. The van der Waals surface area contributed by atoms with Crippen LogP contribution >= 0.6 is 23.2 Å². The molecule has 0 saturated heterocycles. The van der Waals surface area contributed by atoms with Crippen LogP contribution in [-0.4, -0.2) is 34.9 Å². The number of imide groups is 1. The summed E-state index contributed by atoms with van der Waals surface area (Å²) in [5.74, 6) is -0.00257. The molecule has 5 rings (SSSR count). The van der Waals surface area contributed by atoms with Crippen molar-refractivity contribution >= 4 is 58.4 Å². The number of hydrazone groups is 1. The molecule has 2 aromatic carbocycles. The molecule has 0 unspecified atom stereocenters. The van der Waals surface area contributed by atoms with Crippen LogP contribution in [0, 0.1) is 0 Å². The number of halogens is 2. The van der Waals surface area contributed by atoms with Gasteiger partial charge in [-0.2, -0.15) is 10.1 Å². The number of carbonyl (C=O) groups is 3. The van der Waals surface area contributed by atoms with Gasteiger partial charge >= 0.3 is 0 Å². The third-order valence-corrected chi connectivity index (χ3v) is 6.08. The number of carbonyl (C=O) groups excluding carboxylic acids is 3. The Morgan fingerprint density at radius 3 is 2.32 bits per heavy atom. The van der Waals surface area contributed by atoms with Crippen molar-refractivity contribution in [3.05, 3.63) is 81.0 Å². The average molecular weight is 494 g/mol. The van der Waals surface area contributed by atoms with Gasteiger partial charge in [-0.15, -0.1) is 0 Å². The van der Waals surface area contributed by atoms with Crippen molar-refractivity contribution < 1.29 is 18.8 Å². The zero-order valence-corrected chi connectivity index (χ0v) is 19.6. The van der Waals surface area contributed by atoms with Crippen LogP contribution < -0.4 is 5.01 Å². The van der Waals surface area contributed by atoms with Crippen molar-refractivity contribution in [1.82, 2.24) is 4.90 Å². The monoisotopic (exact) mass is 493 g/mol. The predicted octanol–water partition coefficient (Wildman–Crippen LogP) is 5.68. The number of benzene rings is 2. The fraction of sp³-hybridized carbons (Fsp3) is 0.120. The van der Waals surface area contributed by atoms with Gasteiger partial charge in [0, 0.05) is 22.2 Å². The summed E-state index contributed by atoms with van der Waals surface area (Å²) in [6.07, 6.45) is 1.61. The van der Waals surface area contributed by atoms with Crippen molar-refractivity contribution in [2.45, 2.75) is 13.8 Å². The van der Waals surface area contributed by atoms with E-state index in [-0.39, 0.29) is 17.7 Å². The lowest BCUT2D eigenvalue weighted by Crippen LogP contribution is -2.29. The molecule has 9 heteroatoms. The second-order valence-corrected chi connectivity index (χ2v) is 8.68. The highest BCUT2D eigenvalue weighted by Crippen LogP contribution is 2.32. The normalized spacial score (nSPS) is 16.6. The Balaban J connectivity index is 1.43. The van der Waals surface area contributed by atoms with E-state index < -0.39 is 0 Å². The Morgan fingerprint density at radius 1 is 0.912 bits per heavy atom. The van der Waals surface area contributed by atoms with E-state index in [1.807, 2.05) is 0 Å². The number of anilines is 1. The summed E-state index contributed by atoms with van der Waals surface area (Å²) in [5, 5.41) is 6.37. The molecule has 2 aliphatic heterocycles. The fourth-order valence-corrected chi connectivity index (χ4v) is 4.49. The molecule has 1 aromatic heterocycles. The second kappa shape index (κ2) is 8.27. The molecule has 0 saturated carbocycles. The molecule has 7 nitrogen and oxygen atoms in total. The van der Waals surface area contributed by atoms with E-state index in [0.29, 0.717) is 61.8 Å². The van der Waals surface area contributed by atoms with Crippen LogP contribution in [0.4, 0.5) is 5.69 Å². The first-order chi connectivity index (χ1) is 16.3. The number of fused-ring (bicyclic) bond motifs is 1. The molecule has 0 atom stereocenters. The van der Waals surface area contributed by atoms with Crippen molar-refractivity contribution in [2.75, 3.05) is 11.6 Å². The standard InChI is InChI=1S/C25H17Cl2N3O4/c1-3-29-23(31)19-6-4-14(8-21(19)24(29)32)22-7-5-18(34-22)12-20-13(2)28-30(25(20)33)17-10-15(26)9-16(27)11-17/h4-12H,3H2,1-2H3/b20-12+. The van der Waals surface area contributed by atoms with Gasteiger partial charge in [0.1, 0.15) is 11.5 Å². The molecule has 170 valence electrons. The van der Waals surface area contributed by atoms with Gasteiger partial charge in [0.05, 0.1) is 28.1 Å². The second-order valence-electron chi connectivity index (χ2n) is 7.80. The van der Waals surface area contributed by atoms with E-state index in [4.69, 9.17) is 27.6 Å². The van der Waals surface area contributed by atoms with Gasteiger partial charge in [-0.1, -0.05) is 29.3 Å². The van der Waals surface area contributed by atoms with Crippen molar-refractivity contribution in [2.24, 2.45) is 5.10 Å². The molecule has 3 heterocycles. The Bertz CT molecular complexity index is 1430. The van der Waals surface area contributed by atoms with Crippen LogP contribution in [0.5, 0.6) is 0 Å². The first-order valence-electron chi connectivity index (χ1n) is 10.4. The highest BCUT2D eigenvalue weighted by molar-refractivity contribution is 6.36. The third kappa shape index (κ3) is 3.63. The topological polar surface area (TPSA) is 83.2 Å². The van der Waals surface area contributed by atoms with Crippen LogP contribution in [0.1, 0.15) is 40.3 Å². The van der Waals surface area contributed by atoms with Gasteiger partial charge in [0.2, 0.25) is 0 Å². The minimum atomic E-state index is -0.338. The van der Waals surface area contributed by atoms with Crippen LogP contribution in [-0.2, 0) is 4.79 Å². The smallest absolute Gasteiger partial charge is 0.280 e. The molecule has 2 aliphatic rings. The van der Waals surface area contributed by atoms with E-state index in [1.54, 1.807) is 68.5 Å². The van der Waals surface area contributed by atoms with Crippen molar-refractivity contribution in [3.8, 4) is 11.3 Å². The van der Waals surface area contributed by atoms with E-state index in [2.05, 4.69) is 5.10 Å². The summed E-state index contributed by atoms with van der Waals surface area (Å²) in [6.45, 7) is 3.79. The summed E-state index contributed by atoms with van der Waals surface area (Å²) >= 11 is 12.1. The van der Waals surface area contributed by atoms with Crippen LogP contribution in [0.3, 0.4) is 0 Å². The minimum absolute atomic E-state index is 0.293. The SMILES string of the molecule is CCN1C(=O)c2ccc(-c3ccc(/C=C4/C(=O)N(c5cc(Cl)cc(Cl)c5)N=C4C)o3)cc2C1=O. The molecule has 0 bridgehead atoms. The van der Waals surface area contributed by atoms with Crippen LogP contribution in [0.25, 0.3) is 17.4 Å². The quantitative estimate of drug-likeness (QED) is 0.346. The molecular formula is C25H17Cl2N3O4. The van der Waals surface area contributed by atoms with E-state index in [0.717, 1.165) is 0 Å². The number of hydrogen-bond acceptors (Lipinski definition) is 5. The zero-order chi connectivity index (χ0) is 24.1. The molecule has 3 amide bonds.